The van der Waals surface area contributed by atoms with E-state index in [0.717, 1.165) is 5.56 Å². The normalized spacial score (nSPS) is 18.4. The number of amides is 2. The minimum Gasteiger partial charge on any atom is -0.497 e. The Balaban J connectivity index is 2.48. The minimum atomic E-state index is -0.535. The van der Waals surface area contributed by atoms with Gasteiger partial charge in [-0.25, -0.2) is 9.59 Å². The molecular weight excluding hydrogens is 272 g/mol. The highest BCUT2D eigenvalue weighted by atomic mass is 16.5. The highest BCUT2D eigenvalue weighted by Crippen LogP contribution is 2.31. The summed E-state index contributed by atoms with van der Waals surface area (Å²) in [5, 5.41) is 2.80. The third-order valence-electron chi connectivity index (χ3n) is 3.61. The number of hydrogen-bond acceptors (Lipinski definition) is 4. The maximum Gasteiger partial charge on any atom is 0.337 e. The van der Waals surface area contributed by atoms with Crippen LogP contribution in [0, 0.1) is 0 Å². The van der Waals surface area contributed by atoms with Crippen molar-refractivity contribution >= 4 is 12.0 Å². The van der Waals surface area contributed by atoms with Crippen LogP contribution in [-0.2, 0) is 9.53 Å². The summed E-state index contributed by atoms with van der Waals surface area (Å²) in [5.41, 5.74) is 1.79. The van der Waals surface area contributed by atoms with Gasteiger partial charge in [0.2, 0.25) is 0 Å². The molecule has 1 aromatic rings. The molecule has 21 heavy (non-hydrogen) atoms. The number of ether oxygens (including phenoxy) is 2. The number of methoxy groups -OCH3 is 2. The number of hydrogen-bond donors (Lipinski definition) is 1. The summed E-state index contributed by atoms with van der Waals surface area (Å²) < 4.78 is 9.95. The summed E-state index contributed by atoms with van der Waals surface area (Å²) in [4.78, 5) is 25.4. The number of carbonyl (C=O) groups is 2. The van der Waals surface area contributed by atoms with E-state index in [1.807, 2.05) is 12.1 Å². The van der Waals surface area contributed by atoms with Crippen LogP contribution in [0.5, 0.6) is 5.75 Å². The third kappa shape index (κ3) is 2.69. The van der Waals surface area contributed by atoms with E-state index in [1.54, 1.807) is 33.2 Å². The molecule has 0 saturated heterocycles. The lowest BCUT2D eigenvalue weighted by Crippen LogP contribution is -2.46. The predicted molar refractivity (Wildman–Crippen MR) is 76.7 cm³/mol. The molecule has 0 radical (unpaired) electrons. The van der Waals surface area contributed by atoms with Gasteiger partial charge in [0.25, 0.3) is 0 Å². The van der Waals surface area contributed by atoms with Crippen LogP contribution >= 0.6 is 0 Å². The highest BCUT2D eigenvalue weighted by Gasteiger charge is 2.34. The van der Waals surface area contributed by atoms with Crippen LogP contribution in [0.25, 0.3) is 0 Å². The molecule has 6 heteroatoms. The summed E-state index contributed by atoms with van der Waals surface area (Å²) in [6.45, 7) is 1.72. The maximum atomic E-state index is 12.1. The fraction of sp³-hybridized carbons (Fsp3) is 0.333. The largest absolute Gasteiger partial charge is 0.497 e. The van der Waals surface area contributed by atoms with Gasteiger partial charge in [-0.2, -0.15) is 0 Å². The van der Waals surface area contributed by atoms with E-state index in [4.69, 9.17) is 9.47 Å². The first-order valence-electron chi connectivity index (χ1n) is 6.46. The van der Waals surface area contributed by atoms with Crippen molar-refractivity contribution in [3.05, 3.63) is 41.1 Å². The lowest BCUT2D eigenvalue weighted by atomic mass is 9.95. The van der Waals surface area contributed by atoms with Crippen molar-refractivity contribution in [2.24, 2.45) is 0 Å². The zero-order chi connectivity index (χ0) is 15.6. The average Bonchev–Trinajstić information content (AvgIpc) is 2.51. The Morgan fingerprint density at radius 2 is 1.86 bits per heavy atom. The third-order valence-corrected chi connectivity index (χ3v) is 3.61. The zero-order valence-electron chi connectivity index (χ0n) is 12.5. The zero-order valence-corrected chi connectivity index (χ0v) is 12.5. The van der Waals surface area contributed by atoms with Crippen LogP contribution in [0.15, 0.2) is 35.5 Å². The van der Waals surface area contributed by atoms with Crippen molar-refractivity contribution in [1.29, 1.82) is 0 Å². The lowest BCUT2D eigenvalue weighted by Gasteiger charge is -2.33. The van der Waals surface area contributed by atoms with Crippen molar-refractivity contribution in [3.8, 4) is 5.75 Å². The van der Waals surface area contributed by atoms with Gasteiger partial charge in [-0.05, 0) is 24.6 Å². The molecule has 1 heterocycles. The summed E-state index contributed by atoms with van der Waals surface area (Å²) in [6.07, 6.45) is 0. The molecule has 0 bridgehead atoms. The van der Waals surface area contributed by atoms with Gasteiger partial charge in [0.05, 0.1) is 25.8 Å². The highest BCUT2D eigenvalue weighted by molar-refractivity contribution is 5.94. The molecule has 0 saturated carbocycles. The van der Waals surface area contributed by atoms with Gasteiger partial charge >= 0.3 is 12.0 Å². The Morgan fingerprint density at radius 3 is 2.38 bits per heavy atom. The minimum absolute atomic E-state index is 0.263. The van der Waals surface area contributed by atoms with E-state index < -0.39 is 12.0 Å². The maximum absolute atomic E-state index is 12.1. The molecule has 1 atom stereocenters. The Bertz CT molecular complexity index is 592. The van der Waals surface area contributed by atoms with Crippen LogP contribution in [-0.4, -0.2) is 38.2 Å². The number of benzene rings is 1. The van der Waals surface area contributed by atoms with Crippen molar-refractivity contribution in [3.63, 3.8) is 0 Å². The SMILES string of the molecule is COC(=O)C1=C(C)N(C)C(=O)N[C@@H]1c1ccc(OC)cc1. The summed E-state index contributed by atoms with van der Waals surface area (Å²) >= 11 is 0. The molecule has 0 unspecified atom stereocenters. The van der Waals surface area contributed by atoms with Crippen LogP contribution in [0.3, 0.4) is 0 Å². The van der Waals surface area contributed by atoms with E-state index in [2.05, 4.69) is 5.32 Å². The average molecular weight is 290 g/mol. The second kappa shape index (κ2) is 5.87. The van der Waals surface area contributed by atoms with Gasteiger partial charge in [0.1, 0.15) is 5.75 Å². The molecule has 0 spiro atoms. The van der Waals surface area contributed by atoms with Crippen molar-refractivity contribution in [2.45, 2.75) is 13.0 Å². The molecule has 0 fully saturated rings. The standard InChI is InChI=1S/C15H18N2O4/c1-9-12(14(18)21-4)13(16-15(19)17(9)2)10-5-7-11(20-3)8-6-10/h5-8,13H,1-4H3,(H,16,19)/t13-/m1/s1. The molecular formula is C15H18N2O4. The fourth-order valence-corrected chi connectivity index (χ4v) is 2.26. The molecule has 0 aromatic heterocycles. The number of allylic oxidation sites excluding steroid dienone is 1. The number of rotatable bonds is 3. The van der Waals surface area contributed by atoms with E-state index >= 15 is 0 Å². The second-order valence-electron chi connectivity index (χ2n) is 4.71. The van der Waals surface area contributed by atoms with Crippen LogP contribution in [0.4, 0.5) is 4.79 Å². The van der Waals surface area contributed by atoms with E-state index in [-0.39, 0.29) is 6.03 Å². The molecule has 2 rings (SSSR count). The number of esters is 1. The van der Waals surface area contributed by atoms with Gasteiger partial charge < -0.3 is 19.7 Å². The number of urea groups is 1. The Morgan fingerprint density at radius 1 is 1.24 bits per heavy atom. The van der Waals surface area contributed by atoms with E-state index in [0.29, 0.717) is 17.0 Å². The smallest absolute Gasteiger partial charge is 0.337 e. The molecule has 0 aliphatic carbocycles. The quantitative estimate of drug-likeness (QED) is 0.862. The van der Waals surface area contributed by atoms with Crippen LogP contribution in [0.1, 0.15) is 18.5 Å². The van der Waals surface area contributed by atoms with Gasteiger partial charge in [0, 0.05) is 12.7 Å². The Hall–Kier alpha value is -2.50. The van der Waals surface area contributed by atoms with Crippen molar-refractivity contribution in [2.75, 3.05) is 21.3 Å². The number of nitrogens with zero attached hydrogens (tertiary/aromatic N) is 1. The number of carbonyl (C=O) groups excluding carboxylic acids is 2. The summed E-state index contributed by atoms with van der Waals surface area (Å²) in [6, 6.07) is 6.39. The first-order chi connectivity index (χ1) is 9.99. The van der Waals surface area contributed by atoms with Crippen LogP contribution < -0.4 is 10.1 Å². The van der Waals surface area contributed by atoms with Crippen molar-refractivity contribution in [1.82, 2.24) is 10.2 Å². The fourth-order valence-electron chi connectivity index (χ4n) is 2.26. The van der Waals surface area contributed by atoms with Crippen LogP contribution in [0.2, 0.25) is 0 Å². The second-order valence-corrected chi connectivity index (χ2v) is 4.71. The Labute approximate surface area is 123 Å². The molecule has 1 N–H and O–H groups in total. The Kier molecular flexibility index (Phi) is 4.16. The van der Waals surface area contributed by atoms with Crippen molar-refractivity contribution < 1.29 is 19.1 Å². The summed E-state index contributed by atoms with van der Waals surface area (Å²) in [5.74, 6) is 0.249. The molecule has 1 aliphatic rings. The molecule has 6 nitrogen and oxygen atoms in total. The van der Waals surface area contributed by atoms with E-state index in [9.17, 15) is 9.59 Å². The van der Waals surface area contributed by atoms with Gasteiger partial charge in [-0.1, -0.05) is 12.1 Å². The first-order valence-corrected chi connectivity index (χ1v) is 6.46. The summed E-state index contributed by atoms with van der Waals surface area (Å²) in [7, 11) is 4.51. The van der Waals surface area contributed by atoms with Gasteiger partial charge in [-0.15, -0.1) is 0 Å². The monoisotopic (exact) mass is 290 g/mol. The molecule has 2 amide bonds. The molecule has 1 aromatic carbocycles. The molecule has 1 aliphatic heterocycles. The van der Waals surface area contributed by atoms with Gasteiger partial charge in [0.15, 0.2) is 0 Å². The lowest BCUT2D eigenvalue weighted by molar-refractivity contribution is -0.136. The molecule has 112 valence electrons. The van der Waals surface area contributed by atoms with E-state index in [1.165, 1.54) is 12.0 Å². The topological polar surface area (TPSA) is 67.9 Å². The first kappa shape index (κ1) is 14.9. The predicted octanol–water partition coefficient (Wildman–Crippen LogP) is 1.84. The van der Waals surface area contributed by atoms with Gasteiger partial charge in [-0.3, -0.25) is 0 Å². The number of nitrogens with one attached hydrogen (secondary N) is 1.